The summed E-state index contributed by atoms with van der Waals surface area (Å²) in [5, 5.41) is 11.3. The van der Waals surface area contributed by atoms with Crippen molar-refractivity contribution in [2.75, 3.05) is 42.7 Å². The monoisotopic (exact) mass is 484 g/mol. The SMILES string of the molecule is CS(=O)(=O)c1ccc(-c2cccc3nc(Nc4ccc(N5CCNCC5)cc4)nn23)cc1.Cl. The first kappa shape index (κ1) is 23.0. The molecule has 1 aliphatic rings. The van der Waals surface area contributed by atoms with Gasteiger partial charge in [-0.1, -0.05) is 18.2 Å². The number of sulfone groups is 1. The number of pyridine rings is 1. The van der Waals surface area contributed by atoms with E-state index in [1.165, 1.54) is 11.9 Å². The van der Waals surface area contributed by atoms with Crippen LogP contribution >= 0.6 is 12.4 Å². The predicted octanol–water partition coefficient (Wildman–Crippen LogP) is 3.37. The van der Waals surface area contributed by atoms with Gasteiger partial charge in [0, 0.05) is 49.4 Å². The zero-order valence-electron chi connectivity index (χ0n) is 18.1. The van der Waals surface area contributed by atoms with Crippen molar-refractivity contribution < 1.29 is 8.42 Å². The van der Waals surface area contributed by atoms with Crippen LogP contribution in [0.1, 0.15) is 0 Å². The minimum absolute atomic E-state index is 0. The molecule has 3 heterocycles. The number of aromatic nitrogens is 3. The maximum atomic E-state index is 11.7. The lowest BCUT2D eigenvalue weighted by Crippen LogP contribution is -2.43. The summed E-state index contributed by atoms with van der Waals surface area (Å²) < 4.78 is 25.2. The molecule has 0 atom stereocenters. The van der Waals surface area contributed by atoms with Crippen molar-refractivity contribution >= 4 is 45.2 Å². The molecule has 1 saturated heterocycles. The molecule has 1 fully saturated rings. The molecule has 172 valence electrons. The van der Waals surface area contributed by atoms with E-state index in [4.69, 9.17) is 0 Å². The Morgan fingerprint density at radius 2 is 1.64 bits per heavy atom. The summed E-state index contributed by atoms with van der Waals surface area (Å²) in [4.78, 5) is 7.25. The van der Waals surface area contributed by atoms with Crippen molar-refractivity contribution in [2.45, 2.75) is 4.90 Å². The molecule has 4 aromatic rings. The van der Waals surface area contributed by atoms with Gasteiger partial charge in [0.15, 0.2) is 15.5 Å². The molecule has 0 amide bonds. The number of fused-ring (bicyclic) bond motifs is 1. The van der Waals surface area contributed by atoms with Gasteiger partial charge in [0.25, 0.3) is 0 Å². The first-order valence-corrected chi connectivity index (χ1v) is 12.4. The van der Waals surface area contributed by atoms with Crippen LogP contribution in [0.2, 0.25) is 0 Å². The first-order chi connectivity index (χ1) is 15.5. The second-order valence-electron chi connectivity index (χ2n) is 7.82. The Morgan fingerprint density at radius 1 is 0.939 bits per heavy atom. The van der Waals surface area contributed by atoms with Gasteiger partial charge in [0.05, 0.1) is 10.6 Å². The maximum absolute atomic E-state index is 11.7. The topological polar surface area (TPSA) is 91.6 Å². The normalized spacial score (nSPS) is 14.2. The Hall–Kier alpha value is -3.14. The maximum Gasteiger partial charge on any atom is 0.247 e. The second kappa shape index (κ2) is 9.38. The number of rotatable bonds is 5. The van der Waals surface area contributed by atoms with Gasteiger partial charge in [-0.05, 0) is 48.5 Å². The van der Waals surface area contributed by atoms with Gasteiger partial charge in [-0.15, -0.1) is 17.5 Å². The highest BCUT2D eigenvalue weighted by molar-refractivity contribution is 7.90. The standard InChI is InChI=1S/C23H24N6O2S.ClH/c1-32(30,31)20-11-5-17(6-12-20)21-3-2-4-22-26-23(27-29(21)22)25-18-7-9-19(10-8-18)28-15-13-24-14-16-28;/h2-12,24H,13-16H2,1H3,(H,25,27);1H. The van der Waals surface area contributed by atoms with Crippen LogP contribution < -0.4 is 15.5 Å². The molecule has 33 heavy (non-hydrogen) atoms. The van der Waals surface area contributed by atoms with E-state index in [1.54, 1.807) is 28.8 Å². The van der Waals surface area contributed by atoms with Gasteiger partial charge in [-0.2, -0.15) is 4.98 Å². The summed E-state index contributed by atoms with van der Waals surface area (Å²) in [7, 11) is -3.24. The highest BCUT2D eigenvalue weighted by atomic mass is 35.5. The third-order valence-corrected chi connectivity index (χ3v) is 6.67. The van der Waals surface area contributed by atoms with Crippen LogP contribution in [-0.4, -0.2) is 55.5 Å². The number of piperazine rings is 1. The van der Waals surface area contributed by atoms with Gasteiger partial charge >= 0.3 is 0 Å². The fourth-order valence-electron chi connectivity index (χ4n) is 3.86. The molecule has 0 aliphatic carbocycles. The van der Waals surface area contributed by atoms with Gasteiger partial charge < -0.3 is 15.5 Å². The van der Waals surface area contributed by atoms with Crippen molar-refractivity contribution in [2.24, 2.45) is 0 Å². The minimum atomic E-state index is -3.24. The first-order valence-electron chi connectivity index (χ1n) is 10.5. The number of anilines is 3. The molecule has 0 radical (unpaired) electrons. The van der Waals surface area contributed by atoms with Crippen LogP contribution in [0.5, 0.6) is 0 Å². The zero-order valence-corrected chi connectivity index (χ0v) is 19.7. The van der Waals surface area contributed by atoms with Crippen molar-refractivity contribution in [3.8, 4) is 11.3 Å². The number of nitrogens with zero attached hydrogens (tertiary/aromatic N) is 4. The van der Waals surface area contributed by atoms with E-state index in [1.807, 2.05) is 30.3 Å². The Balaban J connectivity index is 0.00000259. The highest BCUT2D eigenvalue weighted by Crippen LogP contribution is 2.24. The average Bonchev–Trinajstić information content (AvgIpc) is 3.22. The molecule has 10 heteroatoms. The summed E-state index contributed by atoms with van der Waals surface area (Å²) in [6.45, 7) is 4.03. The molecule has 2 N–H and O–H groups in total. The van der Waals surface area contributed by atoms with Crippen LogP contribution in [0.4, 0.5) is 17.3 Å². The Labute approximate surface area is 199 Å². The second-order valence-corrected chi connectivity index (χ2v) is 9.84. The van der Waals surface area contributed by atoms with E-state index in [-0.39, 0.29) is 12.4 Å². The highest BCUT2D eigenvalue weighted by Gasteiger charge is 2.13. The number of halogens is 1. The van der Waals surface area contributed by atoms with Gasteiger partial charge in [0.2, 0.25) is 5.95 Å². The third-order valence-electron chi connectivity index (χ3n) is 5.54. The Morgan fingerprint density at radius 3 is 2.30 bits per heavy atom. The average molecular weight is 485 g/mol. The third kappa shape index (κ3) is 4.95. The van der Waals surface area contributed by atoms with Crippen molar-refractivity contribution in [1.82, 2.24) is 19.9 Å². The number of hydrogen-bond acceptors (Lipinski definition) is 7. The Kier molecular flexibility index (Phi) is 6.55. The van der Waals surface area contributed by atoms with E-state index in [9.17, 15) is 8.42 Å². The van der Waals surface area contributed by atoms with Crippen LogP contribution in [0, 0.1) is 0 Å². The van der Waals surface area contributed by atoms with Gasteiger partial charge in [-0.25, -0.2) is 12.9 Å². The lowest BCUT2D eigenvalue weighted by atomic mass is 10.1. The molecule has 0 saturated carbocycles. The Bertz CT molecular complexity index is 1350. The molecule has 1 aliphatic heterocycles. The van der Waals surface area contributed by atoms with E-state index in [0.717, 1.165) is 43.1 Å². The summed E-state index contributed by atoms with van der Waals surface area (Å²) in [6.07, 6.45) is 1.20. The van der Waals surface area contributed by atoms with E-state index in [2.05, 4.69) is 37.7 Å². The molecule has 2 aromatic heterocycles. The van der Waals surface area contributed by atoms with E-state index in [0.29, 0.717) is 16.5 Å². The molecule has 8 nitrogen and oxygen atoms in total. The van der Waals surface area contributed by atoms with Crippen LogP contribution in [0.3, 0.4) is 0 Å². The molecule has 5 rings (SSSR count). The fraction of sp³-hybridized carbons (Fsp3) is 0.217. The summed E-state index contributed by atoms with van der Waals surface area (Å²) in [6, 6.07) is 20.8. The van der Waals surface area contributed by atoms with Crippen LogP contribution in [0.25, 0.3) is 16.9 Å². The van der Waals surface area contributed by atoms with Crippen LogP contribution in [0.15, 0.2) is 71.6 Å². The minimum Gasteiger partial charge on any atom is -0.369 e. The van der Waals surface area contributed by atoms with Gasteiger partial charge in [0.1, 0.15) is 0 Å². The smallest absolute Gasteiger partial charge is 0.247 e. The quantitative estimate of drug-likeness (QED) is 0.448. The van der Waals surface area contributed by atoms with Crippen molar-refractivity contribution in [1.29, 1.82) is 0 Å². The number of nitrogens with one attached hydrogen (secondary N) is 2. The predicted molar refractivity (Wildman–Crippen MR) is 134 cm³/mol. The van der Waals surface area contributed by atoms with Gasteiger partial charge in [-0.3, -0.25) is 0 Å². The van der Waals surface area contributed by atoms with E-state index < -0.39 is 9.84 Å². The zero-order chi connectivity index (χ0) is 22.1. The lowest BCUT2D eigenvalue weighted by molar-refractivity contribution is 0.589. The molecular weight excluding hydrogens is 460 g/mol. The van der Waals surface area contributed by atoms with Crippen molar-refractivity contribution in [3.05, 3.63) is 66.7 Å². The largest absolute Gasteiger partial charge is 0.369 e. The number of hydrogen-bond donors (Lipinski definition) is 2. The lowest BCUT2D eigenvalue weighted by Gasteiger charge is -2.29. The fourth-order valence-corrected chi connectivity index (χ4v) is 4.49. The molecule has 0 bridgehead atoms. The summed E-state index contributed by atoms with van der Waals surface area (Å²) in [5.74, 6) is 0.500. The molecule has 0 spiro atoms. The van der Waals surface area contributed by atoms with E-state index >= 15 is 0 Å². The molecular formula is C23H25ClN6O2S. The summed E-state index contributed by atoms with van der Waals surface area (Å²) in [5.41, 5.74) is 4.52. The summed E-state index contributed by atoms with van der Waals surface area (Å²) >= 11 is 0. The molecule has 2 aromatic carbocycles. The van der Waals surface area contributed by atoms with Crippen LogP contribution in [-0.2, 0) is 9.84 Å². The number of benzene rings is 2. The molecule has 0 unspecified atom stereocenters. The van der Waals surface area contributed by atoms with Crippen molar-refractivity contribution in [3.63, 3.8) is 0 Å².